The lowest BCUT2D eigenvalue weighted by atomic mass is 9.63. The van der Waals surface area contributed by atoms with Crippen LogP contribution in [0.3, 0.4) is 0 Å². The minimum absolute atomic E-state index is 0.0711. The van der Waals surface area contributed by atoms with Gasteiger partial charge in [0, 0.05) is 0 Å². The molecule has 2 aromatic rings. The van der Waals surface area contributed by atoms with E-state index in [1.807, 2.05) is 0 Å². The number of hydrogen-bond donors (Lipinski definition) is 0. The minimum Gasteiger partial charge on any atom is -0.0617 e. The van der Waals surface area contributed by atoms with Crippen molar-refractivity contribution in [2.75, 3.05) is 0 Å². The van der Waals surface area contributed by atoms with Crippen molar-refractivity contribution in [2.24, 2.45) is 0 Å². The van der Waals surface area contributed by atoms with Crippen LogP contribution in [0.5, 0.6) is 0 Å². The molecule has 0 bridgehead atoms. The second-order valence-corrected chi connectivity index (χ2v) is 18.4. The van der Waals surface area contributed by atoms with Gasteiger partial charge >= 0.3 is 0 Å². The lowest BCUT2D eigenvalue weighted by Crippen LogP contribution is -2.33. The highest BCUT2D eigenvalue weighted by atomic mass is 14.4. The number of benzene rings is 2. The summed E-state index contributed by atoms with van der Waals surface area (Å²) in [5, 5.41) is 0. The number of rotatable bonds is 4. The Bertz CT molecular complexity index is 1140. The van der Waals surface area contributed by atoms with Crippen molar-refractivity contribution in [3.05, 3.63) is 68.8 Å². The smallest absolute Gasteiger partial charge is 0.0126 e. The van der Waals surface area contributed by atoms with Crippen molar-refractivity contribution in [1.29, 1.82) is 0 Å². The van der Waals surface area contributed by atoms with Crippen LogP contribution >= 0.6 is 0 Å². The molecular formula is C39H64. The molecule has 0 radical (unpaired) electrons. The van der Waals surface area contributed by atoms with Crippen LogP contribution in [0.15, 0.2) is 24.3 Å². The third-order valence-electron chi connectivity index (χ3n) is 8.07. The molecule has 0 aliphatic rings. The molecule has 2 rings (SSSR count). The summed E-state index contributed by atoms with van der Waals surface area (Å²) in [6, 6.07) is 9.66. The second kappa shape index (κ2) is 10.7. The zero-order chi connectivity index (χ0) is 30.6. The van der Waals surface area contributed by atoms with Gasteiger partial charge in [-0.1, -0.05) is 149 Å². The molecule has 0 atom stereocenters. The lowest BCUT2D eigenvalue weighted by molar-refractivity contribution is 0.473. The highest BCUT2D eigenvalue weighted by molar-refractivity contribution is 5.56. The van der Waals surface area contributed by atoms with Crippen LogP contribution in [0.4, 0.5) is 0 Å². The van der Waals surface area contributed by atoms with E-state index in [1.54, 1.807) is 27.8 Å². The molecule has 0 nitrogen and oxygen atoms in total. The lowest BCUT2D eigenvalue weighted by Gasteiger charge is -2.42. The first-order chi connectivity index (χ1) is 17.2. The average Bonchev–Trinajstić information content (AvgIpc) is 2.68. The summed E-state index contributed by atoms with van der Waals surface area (Å²) in [7, 11) is 0. The Balaban J connectivity index is 2.77. The molecule has 0 fully saturated rings. The fourth-order valence-corrected chi connectivity index (χ4v) is 6.70. The van der Waals surface area contributed by atoms with Crippen molar-refractivity contribution < 1.29 is 0 Å². The molecule has 0 heterocycles. The van der Waals surface area contributed by atoms with Crippen LogP contribution in [0.25, 0.3) is 0 Å². The van der Waals surface area contributed by atoms with Gasteiger partial charge in [-0.25, -0.2) is 0 Å². The van der Waals surface area contributed by atoms with E-state index in [4.69, 9.17) is 0 Å². The molecule has 0 saturated carbocycles. The highest BCUT2D eigenvalue weighted by Crippen LogP contribution is 2.47. The second-order valence-electron chi connectivity index (χ2n) is 18.4. The summed E-state index contributed by atoms with van der Waals surface area (Å²) < 4.78 is 0. The van der Waals surface area contributed by atoms with Crippen LogP contribution in [0.2, 0.25) is 0 Å². The minimum atomic E-state index is 0.0711. The van der Waals surface area contributed by atoms with Crippen LogP contribution in [0.1, 0.15) is 176 Å². The zero-order valence-corrected chi connectivity index (χ0v) is 29.4. The molecule has 0 unspecified atom stereocenters. The standard InChI is InChI=1S/C39H64/c1-34(2,3)28-24-20-22-26(30(28)36(7,8)9)21-19-23-27-25-29(35(4,5)6)32(38(13,14)15)33(39(16,17)18)31(27)37(10,11)12/h20,22,24-25H,19,21,23H2,1-18H3. The first-order valence-electron chi connectivity index (χ1n) is 15.5. The van der Waals surface area contributed by atoms with Gasteiger partial charge < -0.3 is 0 Å². The van der Waals surface area contributed by atoms with Gasteiger partial charge in [0.25, 0.3) is 0 Å². The van der Waals surface area contributed by atoms with Gasteiger partial charge in [0.2, 0.25) is 0 Å². The Kier molecular flexibility index (Phi) is 9.22. The molecule has 0 spiro atoms. The molecule has 220 valence electrons. The van der Waals surface area contributed by atoms with E-state index in [2.05, 4.69) is 149 Å². The van der Waals surface area contributed by atoms with Gasteiger partial charge in [-0.3, -0.25) is 0 Å². The topological polar surface area (TPSA) is 0 Å². The van der Waals surface area contributed by atoms with Crippen molar-refractivity contribution in [1.82, 2.24) is 0 Å². The highest BCUT2D eigenvalue weighted by Gasteiger charge is 2.37. The maximum absolute atomic E-state index is 2.62. The molecule has 0 amide bonds. The summed E-state index contributed by atoms with van der Waals surface area (Å²) in [5.41, 5.74) is 13.0. The van der Waals surface area contributed by atoms with E-state index in [0.717, 1.165) is 12.8 Å². The fourth-order valence-electron chi connectivity index (χ4n) is 6.70. The Labute approximate surface area is 244 Å². The Morgan fingerprint density at radius 1 is 0.385 bits per heavy atom. The van der Waals surface area contributed by atoms with Crippen LogP contribution in [-0.2, 0) is 45.3 Å². The van der Waals surface area contributed by atoms with Gasteiger partial charge in [-0.05, 0) is 96.3 Å². The predicted octanol–water partition coefficient (Wildman–Crippen LogP) is 11.6. The van der Waals surface area contributed by atoms with Gasteiger partial charge in [-0.15, -0.1) is 0 Å². The zero-order valence-electron chi connectivity index (χ0n) is 29.4. The van der Waals surface area contributed by atoms with Crippen molar-refractivity contribution in [3.8, 4) is 0 Å². The Hall–Kier alpha value is -1.56. The van der Waals surface area contributed by atoms with E-state index in [9.17, 15) is 0 Å². The molecule has 0 heteroatoms. The largest absolute Gasteiger partial charge is 0.0617 e. The van der Waals surface area contributed by atoms with E-state index in [-0.39, 0.29) is 32.5 Å². The fraction of sp³-hybridized carbons (Fsp3) is 0.692. The molecule has 0 saturated heterocycles. The van der Waals surface area contributed by atoms with Crippen molar-refractivity contribution in [3.63, 3.8) is 0 Å². The molecule has 0 N–H and O–H groups in total. The molecule has 0 aromatic heterocycles. The van der Waals surface area contributed by atoms with Crippen LogP contribution < -0.4 is 0 Å². The quantitative estimate of drug-likeness (QED) is 0.367. The molecule has 2 aromatic carbocycles. The van der Waals surface area contributed by atoms with Gasteiger partial charge in [0.1, 0.15) is 0 Å². The van der Waals surface area contributed by atoms with E-state index < -0.39 is 0 Å². The predicted molar refractivity (Wildman–Crippen MR) is 177 cm³/mol. The van der Waals surface area contributed by atoms with Crippen molar-refractivity contribution >= 4 is 0 Å². The summed E-state index contributed by atoms with van der Waals surface area (Å²) in [4.78, 5) is 0. The maximum Gasteiger partial charge on any atom is -0.0126 e. The van der Waals surface area contributed by atoms with Gasteiger partial charge in [0.15, 0.2) is 0 Å². The number of aryl methyl sites for hydroxylation is 2. The molecule has 39 heavy (non-hydrogen) atoms. The third-order valence-corrected chi connectivity index (χ3v) is 8.07. The average molecular weight is 533 g/mol. The normalized spacial score (nSPS) is 14.2. The van der Waals surface area contributed by atoms with Crippen LogP contribution in [0, 0.1) is 0 Å². The molecule has 0 aliphatic heterocycles. The summed E-state index contributed by atoms with van der Waals surface area (Å²) in [6.45, 7) is 43.2. The van der Waals surface area contributed by atoms with Gasteiger partial charge in [-0.2, -0.15) is 0 Å². The summed E-state index contributed by atoms with van der Waals surface area (Å²) >= 11 is 0. The van der Waals surface area contributed by atoms with Gasteiger partial charge in [0.05, 0.1) is 0 Å². The van der Waals surface area contributed by atoms with Crippen LogP contribution in [-0.4, -0.2) is 0 Å². The SMILES string of the molecule is CC(C)(C)c1cccc(CCCc2cc(C(C)(C)C)c(C(C)(C)C)c(C(C)(C)C)c2C(C)(C)C)c1C(C)(C)C. The first-order valence-corrected chi connectivity index (χ1v) is 15.5. The summed E-state index contributed by atoms with van der Waals surface area (Å²) in [5.74, 6) is 0. The Morgan fingerprint density at radius 2 is 0.795 bits per heavy atom. The van der Waals surface area contributed by atoms with E-state index in [0.29, 0.717) is 0 Å². The summed E-state index contributed by atoms with van der Waals surface area (Å²) in [6.07, 6.45) is 3.41. The van der Waals surface area contributed by atoms with E-state index in [1.165, 1.54) is 23.1 Å². The van der Waals surface area contributed by atoms with Crippen molar-refractivity contribution in [2.45, 2.75) is 176 Å². The van der Waals surface area contributed by atoms with E-state index >= 15 is 0 Å². The molecule has 0 aliphatic carbocycles. The number of hydrogen-bond acceptors (Lipinski definition) is 0. The third kappa shape index (κ3) is 7.80. The molecular weight excluding hydrogens is 468 g/mol. The Morgan fingerprint density at radius 3 is 1.18 bits per heavy atom. The maximum atomic E-state index is 2.62. The first kappa shape index (κ1) is 33.6. The monoisotopic (exact) mass is 533 g/mol.